The molecule has 3 aromatic carbocycles. The fourth-order valence-corrected chi connectivity index (χ4v) is 3.59. The largest absolute Gasteiger partial charge is 0.353 e. The highest BCUT2D eigenvalue weighted by Crippen LogP contribution is 2.27. The number of nitrogens with one attached hydrogen (secondary N) is 2. The van der Waals surface area contributed by atoms with Gasteiger partial charge in [-0.05, 0) is 33.9 Å². The summed E-state index contributed by atoms with van der Waals surface area (Å²) in [7, 11) is 0. The van der Waals surface area contributed by atoms with Crippen LogP contribution in [-0.2, 0) is 4.79 Å². The van der Waals surface area contributed by atoms with Gasteiger partial charge in [-0.15, -0.1) is 0 Å². The molecule has 4 nitrogen and oxygen atoms in total. The Balaban J connectivity index is 1.49. The molecule has 0 saturated heterocycles. The molecule has 130 valence electrons. The summed E-state index contributed by atoms with van der Waals surface area (Å²) >= 11 is 0. The molecule has 2 atom stereocenters. The lowest BCUT2D eigenvalue weighted by atomic mass is 9.94. The first-order valence-corrected chi connectivity index (χ1v) is 8.80. The van der Waals surface area contributed by atoms with Crippen LogP contribution < -0.4 is 10.6 Å². The first kappa shape index (κ1) is 16.3. The zero-order valence-corrected chi connectivity index (χ0v) is 14.5. The molecule has 2 unspecified atom stereocenters. The SMILES string of the molecule is CC(CNC(=O)C1NC(=O)c2ccccc21)c1cccc2ccccc12. The molecule has 1 aliphatic heterocycles. The second kappa shape index (κ2) is 6.64. The van der Waals surface area contributed by atoms with Crippen LogP contribution in [0.3, 0.4) is 0 Å². The van der Waals surface area contributed by atoms with Crippen LogP contribution in [0.4, 0.5) is 0 Å². The number of hydrogen-bond acceptors (Lipinski definition) is 2. The minimum Gasteiger partial charge on any atom is -0.353 e. The van der Waals surface area contributed by atoms with E-state index in [1.807, 2.05) is 30.3 Å². The molecule has 0 fully saturated rings. The first-order chi connectivity index (χ1) is 12.6. The van der Waals surface area contributed by atoms with Crippen LogP contribution in [0.15, 0.2) is 66.7 Å². The van der Waals surface area contributed by atoms with Crippen LogP contribution >= 0.6 is 0 Å². The molecular weight excluding hydrogens is 324 g/mol. The van der Waals surface area contributed by atoms with Gasteiger partial charge in [0.25, 0.3) is 5.91 Å². The molecule has 0 radical (unpaired) electrons. The van der Waals surface area contributed by atoms with Crippen molar-refractivity contribution in [1.29, 1.82) is 0 Å². The summed E-state index contributed by atoms with van der Waals surface area (Å²) < 4.78 is 0. The van der Waals surface area contributed by atoms with E-state index in [4.69, 9.17) is 0 Å². The van der Waals surface area contributed by atoms with Crippen LogP contribution in [0.2, 0.25) is 0 Å². The van der Waals surface area contributed by atoms with E-state index in [0.29, 0.717) is 12.1 Å². The van der Waals surface area contributed by atoms with Crippen molar-refractivity contribution in [3.05, 3.63) is 83.4 Å². The second-order valence-electron chi connectivity index (χ2n) is 6.71. The molecule has 4 rings (SSSR count). The van der Waals surface area contributed by atoms with Gasteiger partial charge in [0, 0.05) is 12.1 Å². The fraction of sp³-hybridized carbons (Fsp3) is 0.182. The van der Waals surface area contributed by atoms with Crippen molar-refractivity contribution in [3.63, 3.8) is 0 Å². The number of carbonyl (C=O) groups excluding carboxylic acids is 2. The average Bonchev–Trinajstić information content (AvgIpc) is 3.02. The van der Waals surface area contributed by atoms with Gasteiger partial charge in [0.05, 0.1) is 0 Å². The zero-order chi connectivity index (χ0) is 18.1. The van der Waals surface area contributed by atoms with Gasteiger partial charge in [-0.1, -0.05) is 67.6 Å². The Labute approximate surface area is 152 Å². The van der Waals surface area contributed by atoms with Gasteiger partial charge in [-0.25, -0.2) is 0 Å². The molecule has 0 spiro atoms. The van der Waals surface area contributed by atoms with E-state index in [1.165, 1.54) is 16.3 Å². The molecule has 2 amide bonds. The lowest BCUT2D eigenvalue weighted by molar-refractivity contribution is -0.123. The topological polar surface area (TPSA) is 58.2 Å². The third-order valence-electron chi connectivity index (χ3n) is 4.99. The predicted molar refractivity (Wildman–Crippen MR) is 102 cm³/mol. The summed E-state index contributed by atoms with van der Waals surface area (Å²) in [6, 6.07) is 21.1. The minimum atomic E-state index is -0.613. The monoisotopic (exact) mass is 344 g/mol. The Kier molecular flexibility index (Phi) is 4.17. The number of amides is 2. The summed E-state index contributed by atoms with van der Waals surface area (Å²) in [5.74, 6) is -0.198. The summed E-state index contributed by atoms with van der Waals surface area (Å²) in [6.45, 7) is 2.62. The first-order valence-electron chi connectivity index (χ1n) is 8.80. The summed E-state index contributed by atoms with van der Waals surface area (Å²) in [5.41, 5.74) is 2.53. The predicted octanol–water partition coefficient (Wildman–Crippen LogP) is 3.54. The Hall–Kier alpha value is -3.14. The van der Waals surface area contributed by atoms with E-state index in [2.05, 4.69) is 41.8 Å². The maximum atomic E-state index is 12.6. The van der Waals surface area contributed by atoms with E-state index in [1.54, 1.807) is 12.1 Å². The van der Waals surface area contributed by atoms with Crippen molar-refractivity contribution < 1.29 is 9.59 Å². The molecule has 3 aromatic rings. The minimum absolute atomic E-state index is 0.164. The average molecular weight is 344 g/mol. The molecular formula is C22H20N2O2. The molecule has 0 bridgehead atoms. The smallest absolute Gasteiger partial charge is 0.252 e. The summed E-state index contributed by atoms with van der Waals surface area (Å²) in [5, 5.41) is 8.16. The number of carbonyl (C=O) groups is 2. The van der Waals surface area contributed by atoms with E-state index in [0.717, 1.165) is 5.56 Å². The molecule has 1 heterocycles. The molecule has 4 heteroatoms. The van der Waals surface area contributed by atoms with E-state index < -0.39 is 6.04 Å². The van der Waals surface area contributed by atoms with Crippen LogP contribution in [0, 0.1) is 0 Å². The standard InChI is InChI=1S/C22H20N2O2/c1-14(16-12-6-8-15-7-2-3-9-17(15)16)13-23-22(26)20-18-10-4-5-11-19(18)21(25)24-20/h2-12,14,20H,13H2,1H3,(H,23,26)(H,24,25). The summed E-state index contributed by atoms with van der Waals surface area (Å²) in [6.07, 6.45) is 0. The Morgan fingerprint density at radius 1 is 1.04 bits per heavy atom. The second-order valence-corrected chi connectivity index (χ2v) is 6.71. The Bertz CT molecular complexity index is 991. The van der Waals surface area contributed by atoms with Crippen molar-refractivity contribution in [3.8, 4) is 0 Å². The number of fused-ring (bicyclic) bond motifs is 2. The van der Waals surface area contributed by atoms with Gasteiger partial charge in [0.2, 0.25) is 5.91 Å². The normalized spacial score (nSPS) is 16.8. The Morgan fingerprint density at radius 2 is 1.77 bits per heavy atom. The number of benzene rings is 3. The Morgan fingerprint density at radius 3 is 2.65 bits per heavy atom. The van der Waals surface area contributed by atoms with Gasteiger partial charge in [-0.3, -0.25) is 9.59 Å². The van der Waals surface area contributed by atoms with Crippen molar-refractivity contribution in [1.82, 2.24) is 10.6 Å². The van der Waals surface area contributed by atoms with Crippen LogP contribution in [0.1, 0.15) is 40.4 Å². The van der Waals surface area contributed by atoms with E-state index >= 15 is 0 Å². The van der Waals surface area contributed by atoms with E-state index in [9.17, 15) is 9.59 Å². The highest BCUT2D eigenvalue weighted by Gasteiger charge is 2.33. The fourth-order valence-electron chi connectivity index (χ4n) is 3.59. The lowest BCUT2D eigenvalue weighted by Gasteiger charge is -2.18. The number of hydrogen-bond donors (Lipinski definition) is 2. The molecule has 1 aliphatic rings. The van der Waals surface area contributed by atoms with E-state index in [-0.39, 0.29) is 17.7 Å². The van der Waals surface area contributed by atoms with Crippen LogP contribution in [0.5, 0.6) is 0 Å². The van der Waals surface area contributed by atoms with Crippen molar-refractivity contribution >= 4 is 22.6 Å². The van der Waals surface area contributed by atoms with Gasteiger partial charge in [0.1, 0.15) is 6.04 Å². The highest BCUT2D eigenvalue weighted by molar-refractivity contribution is 6.04. The summed E-state index contributed by atoms with van der Waals surface area (Å²) in [4.78, 5) is 24.6. The third-order valence-corrected chi connectivity index (χ3v) is 4.99. The van der Waals surface area contributed by atoms with Crippen molar-refractivity contribution in [2.45, 2.75) is 18.9 Å². The molecule has 0 aliphatic carbocycles. The van der Waals surface area contributed by atoms with Gasteiger partial charge in [0.15, 0.2) is 0 Å². The zero-order valence-electron chi connectivity index (χ0n) is 14.5. The quantitative estimate of drug-likeness (QED) is 0.760. The van der Waals surface area contributed by atoms with Gasteiger partial charge >= 0.3 is 0 Å². The molecule has 0 aromatic heterocycles. The van der Waals surface area contributed by atoms with Crippen LogP contribution in [0.25, 0.3) is 10.8 Å². The maximum Gasteiger partial charge on any atom is 0.252 e. The maximum absolute atomic E-state index is 12.6. The van der Waals surface area contributed by atoms with Gasteiger partial charge < -0.3 is 10.6 Å². The highest BCUT2D eigenvalue weighted by atomic mass is 16.2. The van der Waals surface area contributed by atoms with Gasteiger partial charge in [-0.2, -0.15) is 0 Å². The molecule has 0 saturated carbocycles. The number of rotatable bonds is 4. The third kappa shape index (κ3) is 2.84. The van der Waals surface area contributed by atoms with Crippen molar-refractivity contribution in [2.24, 2.45) is 0 Å². The van der Waals surface area contributed by atoms with Crippen LogP contribution in [-0.4, -0.2) is 18.4 Å². The molecule has 2 N–H and O–H groups in total. The molecule has 26 heavy (non-hydrogen) atoms. The lowest BCUT2D eigenvalue weighted by Crippen LogP contribution is -2.37. The van der Waals surface area contributed by atoms with Crippen molar-refractivity contribution in [2.75, 3.05) is 6.54 Å².